The van der Waals surface area contributed by atoms with E-state index in [1.54, 1.807) is 6.34 Å². The van der Waals surface area contributed by atoms with Gasteiger partial charge in [-0.15, -0.1) is 0 Å². The van der Waals surface area contributed by atoms with E-state index in [1.165, 1.54) is 11.5 Å². The molecule has 0 radical (unpaired) electrons. The van der Waals surface area contributed by atoms with Crippen molar-refractivity contribution in [2.45, 2.75) is 20.8 Å². The summed E-state index contributed by atoms with van der Waals surface area (Å²) in [6, 6.07) is 14.1. The first-order valence-corrected chi connectivity index (χ1v) is 9.63. The van der Waals surface area contributed by atoms with Gasteiger partial charge in [-0.25, -0.2) is 4.99 Å². The van der Waals surface area contributed by atoms with Crippen LogP contribution in [0.25, 0.3) is 11.3 Å². The molecule has 0 atom stereocenters. The first-order chi connectivity index (χ1) is 13.4. The first-order valence-electron chi connectivity index (χ1n) is 8.86. The van der Waals surface area contributed by atoms with Crippen LogP contribution >= 0.6 is 11.5 Å². The van der Waals surface area contributed by atoms with Crippen molar-refractivity contribution < 1.29 is 4.74 Å². The minimum Gasteiger partial charge on any atom is -0.443 e. The minimum absolute atomic E-state index is 0.464. The molecule has 142 valence electrons. The van der Waals surface area contributed by atoms with Crippen molar-refractivity contribution in [2.75, 3.05) is 14.1 Å². The number of nitrogens with zero attached hydrogens (tertiary/aromatic N) is 4. The van der Waals surface area contributed by atoms with Gasteiger partial charge in [-0.05, 0) is 49.6 Å². The van der Waals surface area contributed by atoms with Crippen molar-refractivity contribution in [1.29, 1.82) is 5.26 Å². The van der Waals surface area contributed by atoms with Crippen molar-refractivity contribution in [3.05, 3.63) is 58.7 Å². The van der Waals surface area contributed by atoms with Gasteiger partial charge in [0.2, 0.25) is 5.06 Å². The number of aromatic nitrogens is 1. The fourth-order valence-electron chi connectivity index (χ4n) is 2.77. The fraction of sp³-hybridized carbons (Fsp3) is 0.227. The summed E-state index contributed by atoms with van der Waals surface area (Å²) in [4.78, 5) is 6.38. The highest BCUT2D eigenvalue weighted by atomic mass is 32.1. The molecule has 0 spiro atoms. The van der Waals surface area contributed by atoms with Crippen LogP contribution in [0.4, 0.5) is 5.69 Å². The van der Waals surface area contributed by atoms with Crippen molar-refractivity contribution >= 4 is 23.6 Å². The summed E-state index contributed by atoms with van der Waals surface area (Å²) >= 11 is 1.20. The Hall–Kier alpha value is -3.17. The average molecular weight is 391 g/mol. The minimum atomic E-state index is 0.464. The molecular formula is C22H22N4OS. The van der Waals surface area contributed by atoms with Crippen molar-refractivity contribution in [3.8, 4) is 28.1 Å². The smallest absolute Gasteiger partial charge is 0.218 e. The molecule has 0 unspecified atom stereocenters. The van der Waals surface area contributed by atoms with E-state index in [2.05, 4.69) is 15.4 Å². The molecule has 0 aliphatic heterocycles. The number of nitriles is 1. The zero-order chi connectivity index (χ0) is 20.3. The molecule has 0 aliphatic carbocycles. The maximum atomic E-state index is 9.72. The molecule has 3 rings (SSSR count). The molecule has 6 heteroatoms. The third-order valence-corrected chi connectivity index (χ3v) is 5.02. The molecule has 1 heterocycles. The zero-order valence-electron chi connectivity index (χ0n) is 16.6. The number of rotatable bonds is 5. The number of hydrogen-bond acceptors (Lipinski definition) is 5. The van der Waals surface area contributed by atoms with E-state index in [-0.39, 0.29) is 0 Å². The summed E-state index contributed by atoms with van der Waals surface area (Å²) in [6.07, 6.45) is 1.77. The van der Waals surface area contributed by atoms with Crippen LogP contribution in [-0.4, -0.2) is 29.7 Å². The molecule has 1 aromatic heterocycles. The monoisotopic (exact) mass is 390 g/mol. The number of aryl methyl sites for hydroxylation is 3. The van der Waals surface area contributed by atoms with Crippen LogP contribution in [0.5, 0.6) is 10.8 Å². The average Bonchev–Trinajstić information content (AvgIpc) is 3.06. The lowest BCUT2D eigenvalue weighted by Gasteiger charge is -2.11. The molecule has 0 fully saturated rings. The highest BCUT2D eigenvalue weighted by Gasteiger charge is 2.19. The molecule has 0 saturated heterocycles. The molecule has 2 aromatic carbocycles. The topological polar surface area (TPSA) is 61.5 Å². The Morgan fingerprint density at radius 1 is 1.11 bits per heavy atom. The Labute approximate surface area is 169 Å². The van der Waals surface area contributed by atoms with E-state index in [1.807, 2.05) is 76.2 Å². The molecule has 5 nitrogen and oxygen atoms in total. The molecular weight excluding hydrogens is 368 g/mol. The van der Waals surface area contributed by atoms with Crippen molar-refractivity contribution in [1.82, 2.24) is 9.27 Å². The van der Waals surface area contributed by atoms with Gasteiger partial charge in [-0.2, -0.15) is 9.64 Å². The predicted molar refractivity (Wildman–Crippen MR) is 115 cm³/mol. The van der Waals surface area contributed by atoms with E-state index in [0.29, 0.717) is 22.1 Å². The van der Waals surface area contributed by atoms with Crippen LogP contribution in [0.2, 0.25) is 0 Å². The van der Waals surface area contributed by atoms with E-state index in [0.717, 1.165) is 27.9 Å². The third-order valence-electron chi connectivity index (χ3n) is 4.30. The summed E-state index contributed by atoms with van der Waals surface area (Å²) in [7, 11) is 3.87. The summed E-state index contributed by atoms with van der Waals surface area (Å²) < 4.78 is 10.6. The molecule has 0 bridgehead atoms. The second-order valence-electron chi connectivity index (χ2n) is 6.83. The van der Waals surface area contributed by atoms with Gasteiger partial charge in [0.15, 0.2) is 0 Å². The van der Waals surface area contributed by atoms with Gasteiger partial charge in [0.25, 0.3) is 0 Å². The van der Waals surface area contributed by atoms with Crippen molar-refractivity contribution in [2.24, 2.45) is 4.99 Å². The van der Waals surface area contributed by atoms with Gasteiger partial charge in [0.05, 0.1) is 12.0 Å². The maximum Gasteiger partial charge on any atom is 0.218 e. The molecule has 3 aromatic rings. The van der Waals surface area contributed by atoms with E-state index < -0.39 is 0 Å². The van der Waals surface area contributed by atoms with E-state index >= 15 is 0 Å². The van der Waals surface area contributed by atoms with Crippen LogP contribution in [0, 0.1) is 32.1 Å². The normalized spacial score (nSPS) is 10.9. The van der Waals surface area contributed by atoms with Crippen LogP contribution in [0.15, 0.2) is 41.4 Å². The van der Waals surface area contributed by atoms with Crippen LogP contribution in [0.1, 0.15) is 22.3 Å². The van der Waals surface area contributed by atoms with Gasteiger partial charge < -0.3 is 9.64 Å². The third kappa shape index (κ3) is 4.05. The zero-order valence-corrected chi connectivity index (χ0v) is 17.5. The maximum absolute atomic E-state index is 9.72. The number of benzene rings is 2. The summed E-state index contributed by atoms with van der Waals surface area (Å²) in [5.74, 6) is 0.706. The van der Waals surface area contributed by atoms with Gasteiger partial charge in [0, 0.05) is 31.2 Å². The molecule has 0 saturated carbocycles. The van der Waals surface area contributed by atoms with E-state index in [9.17, 15) is 5.26 Å². The number of aliphatic imine (C=N–C) groups is 1. The van der Waals surface area contributed by atoms with E-state index in [4.69, 9.17) is 4.74 Å². The highest BCUT2D eigenvalue weighted by Crippen LogP contribution is 2.39. The predicted octanol–water partition coefficient (Wildman–Crippen LogP) is 5.62. The first kappa shape index (κ1) is 19.6. The lowest BCUT2D eigenvalue weighted by molar-refractivity contribution is 0.491. The van der Waals surface area contributed by atoms with Crippen LogP contribution in [0.3, 0.4) is 0 Å². The second-order valence-corrected chi connectivity index (χ2v) is 7.57. The lowest BCUT2D eigenvalue weighted by atomic mass is 10.0. The largest absolute Gasteiger partial charge is 0.443 e. The Balaban J connectivity index is 1.96. The van der Waals surface area contributed by atoms with Crippen LogP contribution in [-0.2, 0) is 0 Å². The Bertz CT molecular complexity index is 1080. The molecule has 0 amide bonds. The second kappa shape index (κ2) is 8.24. The Morgan fingerprint density at radius 3 is 2.54 bits per heavy atom. The van der Waals surface area contributed by atoms with Gasteiger partial charge in [-0.3, -0.25) is 0 Å². The van der Waals surface area contributed by atoms with Gasteiger partial charge in [0.1, 0.15) is 23.1 Å². The molecule has 0 N–H and O–H groups in total. The van der Waals surface area contributed by atoms with Gasteiger partial charge in [-0.1, -0.05) is 24.3 Å². The SMILES string of the molecule is Cc1cc(Oc2snc(-c3ccccc3C)c2C#N)c(C)cc1N=CN(C)C. The van der Waals surface area contributed by atoms with Crippen molar-refractivity contribution in [3.63, 3.8) is 0 Å². The molecule has 0 aliphatic rings. The summed E-state index contributed by atoms with van der Waals surface area (Å²) in [6.45, 7) is 5.97. The highest BCUT2D eigenvalue weighted by molar-refractivity contribution is 7.08. The Morgan fingerprint density at radius 2 is 1.86 bits per heavy atom. The Kier molecular flexibility index (Phi) is 5.76. The quantitative estimate of drug-likeness (QED) is 0.419. The van der Waals surface area contributed by atoms with Gasteiger partial charge >= 0.3 is 0 Å². The standard InChI is InChI=1S/C22H22N4OS/c1-14-8-6-7-9-17(14)21-18(12-23)22(28-25-21)27-20-11-15(2)19(10-16(20)3)24-13-26(4)5/h6-11,13H,1-5H3. The summed E-state index contributed by atoms with van der Waals surface area (Å²) in [5.41, 5.74) is 6.00. The van der Waals surface area contributed by atoms with Crippen LogP contribution < -0.4 is 4.74 Å². The number of hydrogen-bond donors (Lipinski definition) is 0. The fourth-order valence-corrected chi connectivity index (χ4v) is 3.49. The summed E-state index contributed by atoms with van der Waals surface area (Å²) in [5, 5.41) is 10.2. The lowest BCUT2D eigenvalue weighted by Crippen LogP contribution is -2.07. The molecule has 28 heavy (non-hydrogen) atoms. The number of ether oxygens (including phenoxy) is 1.